The Morgan fingerprint density at radius 3 is 2.74 bits per heavy atom. The number of rotatable bonds is 6. The number of hydrogen-bond acceptors (Lipinski definition) is 6. The molecule has 148 valence electrons. The summed E-state index contributed by atoms with van der Waals surface area (Å²) in [4.78, 5) is 16.8. The Morgan fingerprint density at radius 1 is 1.26 bits per heavy atom. The maximum atomic E-state index is 12.3. The molecule has 27 heavy (non-hydrogen) atoms. The van der Waals surface area contributed by atoms with Crippen molar-refractivity contribution in [2.24, 2.45) is 5.73 Å². The van der Waals surface area contributed by atoms with Crippen LogP contribution in [0.4, 0.5) is 0 Å². The molecule has 0 aliphatic carbocycles. The first-order valence-electron chi connectivity index (χ1n) is 8.99. The molecule has 3 rings (SSSR count). The van der Waals surface area contributed by atoms with Crippen molar-refractivity contribution >= 4 is 41.8 Å². The zero-order chi connectivity index (χ0) is 18.5. The Morgan fingerprint density at radius 2 is 2.00 bits per heavy atom. The number of carbonyl (C=O) groups excluding carboxylic acids is 1. The Kier molecular flexibility index (Phi) is 8.38. The van der Waals surface area contributed by atoms with E-state index in [9.17, 15) is 4.79 Å². The molecular weight excluding hydrogens is 382 g/mol. The summed E-state index contributed by atoms with van der Waals surface area (Å²) in [6, 6.07) is 14.5. The highest BCUT2D eigenvalue weighted by Crippen LogP contribution is 2.22. The second kappa shape index (κ2) is 10.3. The van der Waals surface area contributed by atoms with E-state index < -0.39 is 0 Å². The number of hydrogen-bond donors (Lipinski definition) is 2. The highest BCUT2D eigenvalue weighted by atomic mass is 35.5. The molecule has 0 amide bonds. The number of nitrogens with zero attached hydrogens (tertiary/aromatic N) is 2. The summed E-state index contributed by atoms with van der Waals surface area (Å²) in [5.74, 6) is 0.406. The predicted octanol–water partition coefficient (Wildman–Crippen LogP) is 2.18. The van der Waals surface area contributed by atoms with Crippen molar-refractivity contribution in [3.8, 4) is 0 Å². The summed E-state index contributed by atoms with van der Waals surface area (Å²) in [6.07, 6.45) is 0. The molecule has 1 fully saturated rings. The van der Waals surface area contributed by atoms with E-state index in [1.807, 2.05) is 0 Å². The molecule has 1 unspecified atom stereocenters. The van der Waals surface area contributed by atoms with Crippen LogP contribution in [0.1, 0.15) is 5.56 Å². The van der Waals surface area contributed by atoms with Gasteiger partial charge in [-0.1, -0.05) is 42.5 Å². The van der Waals surface area contributed by atoms with Crippen LogP contribution in [-0.4, -0.2) is 66.9 Å². The van der Waals surface area contributed by atoms with E-state index in [4.69, 9.17) is 10.5 Å². The van der Waals surface area contributed by atoms with Crippen LogP contribution in [0, 0.1) is 0 Å². The summed E-state index contributed by atoms with van der Waals surface area (Å²) in [7, 11) is 1.45. The van der Waals surface area contributed by atoms with Crippen LogP contribution < -0.4 is 5.73 Å². The van der Waals surface area contributed by atoms with Gasteiger partial charge in [-0.2, -0.15) is 12.6 Å². The number of carbonyl (C=O) groups is 1. The monoisotopic (exact) mass is 409 g/mol. The van der Waals surface area contributed by atoms with Gasteiger partial charge in [0.05, 0.1) is 7.11 Å². The van der Waals surface area contributed by atoms with Crippen LogP contribution in [0.5, 0.6) is 0 Å². The van der Waals surface area contributed by atoms with Gasteiger partial charge in [0.15, 0.2) is 0 Å². The first-order chi connectivity index (χ1) is 12.6. The number of esters is 1. The van der Waals surface area contributed by atoms with E-state index in [-0.39, 0.29) is 30.5 Å². The molecule has 1 saturated heterocycles. The van der Waals surface area contributed by atoms with Crippen molar-refractivity contribution in [1.82, 2.24) is 9.80 Å². The number of fused-ring (bicyclic) bond motifs is 1. The van der Waals surface area contributed by atoms with Crippen molar-refractivity contribution in [2.45, 2.75) is 18.6 Å². The third-order valence-electron chi connectivity index (χ3n) is 5.03. The lowest BCUT2D eigenvalue weighted by Crippen LogP contribution is -2.58. The van der Waals surface area contributed by atoms with Gasteiger partial charge in [-0.15, -0.1) is 12.4 Å². The van der Waals surface area contributed by atoms with E-state index in [0.717, 1.165) is 19.6 Å². The van der Waals surface area contributed by atoms with Crippen LogP contribution in [0.25, 0.3) is 10.8 Å². The lowest BCUT2D eigenvalue weighted by atomic mass is 10.0. The molecule has 0 aromatic heterocycles. The quantitative estimate of drug-likeness (QED) is 0.565. The smallest absolute Gasteiger partial charge is 0.324 e. The van der Waals surface area contributed by atoms with Gasteiger partial charge in [0, 0.05) is 44.5 Å². The summed E-state index contributed by atoms with van der Waals surface area (Å²) in [5.41, 5.74) is 7.33. The summed E-state index contributed by atoms with van der Waals surface area (Å²) >= 11 is 4.26. The van der Waals surface area contributed by atoms with Crippen molar-refractivity contribution < 1.29 is 9.53 Å². The average molecular weight is 410 g/mol. The third kappa shape index (κ3) is 5.36. The number of methoxy groups -OCH3 is 1. The standard InChI is InChI=1S/C20H27N3O2S.ClH/c1-25-20(24)19-13-22(9-10-23(19)12-17(21)14-26)11-16-7-4-6-15-5-2-3-8-18(15)16;/h2-8,17,19,26H,9-14,21H2,1H3;1H/t17-,19?;/m1./s1. The van der Waals surface area contributed by atoms with Crippen LogP contribution in [0.15, 0.2) is 42.5 Å². The van der Waals surface area contributed by atoms with Crippen LogP contribution in [0.2, 0.25) is 0 Å². The minimum atomic E-state index is -0.283. The zero-order valence-electron chi connectivity index (χ0n) is 15.6. The average Bonchev–Trinajstić information content (AvgIpc) is 2.68. The molecule has 1 aliphatic heterocycles. The normalized spacial score (nSPS) is 19.4. The molecule has 2 aromatic carbocycles. The number of thiol groups is 1. The largest absolute Gasteiger partial charge is 0.468 e. The Labute approximate surface area is 172 Å². The molecular formula is C20H28ClN3O2S. The number of piperazine rings is 1. The van der Waals surface area contributed by atoms with E-state index in [1.165, 1.54) is 23.4 Å². The fraction of sp³-hybridized carbons (Fsp3) is 0.450. The van der Waals surface area contributed by atoms with Gasteiger partial charge in [0.2, 0.25) is 0 Å². The second-order valence-corrected chi connectivity index (χ2v) is 7.22. The van der Waals surface area contributed by atoms with Gasteiger partial charge in [-0.25, -0.2) is 0 Å². The van der Waals surface area contributed by atoms with Crippen molar-refractivity contribution in [1.29, 1.82) is 0 Å². The first kappa shape index (κ1) is 22.0. The maximum Gasteiger partial charge on any atom is 0.324 e. The molecule has 2 aromatic rings. The molecule has 2 N–H and O–H groups in total. The fourth-order valence-electron chi connectivity index (χ4n) is 3.63. The summed E-state index contributed by atoms with van der Waals surface area (Å²) in [5, 5.41) is 2.51. The van der Waals surface area contributed by atoms with Crippen LogP contribution in [-0.2, 0) is 16.1 Å². The lowest BCUT2D eigenvalue weighted by Gasteiger charge is -2.40. The Hall–Kier alpha value is -1.31. The number of nitrogens with two attached hydrogens (primary N) is 1. The van der Waals surface area contributed by atoms with Crippen LogP contribution in [0.3, 0.4) is 0 Å². The van der Waals surface area contributed by atoms with Crippen molar-refractivity contribution in [3.63, 3.8) is 0 Å². The molecule has 0 bridgehead atoms. The summed E-state index contributed by atoms with van der Waals surface area (Å²) < 4.78 is 5.04. The molecule has 1 aliphatic rings. The molecule has 0 spiro atoms. The third-order valence-corrected chi connectivity index (χ3v) is 5.50. The highest BCUT2D eigenvalue weighted by molar-refractivity contribution is 7.80. The lowest BCUT2D eigenvalue weighted by molar-refractivity contribution is -0.149. The van der Waals surface area contributed by atoms with E-state index in [1.54, 1.807) is 0 Å². The maximum absolute atomic E-state index is 12.3. The number of benzene rings is 2. The SMILES string of the molecule is COC(=O)C1CN(Cc2cccc3ccccc23)CCN1C[C@@H](N)CS.Cl. The van der Waals surface area contributed by atoms with Gasteiger partial charge >= 0.3 is 5.97 Å². The molecule has 0 radical (unpaired) electrons. The molecule has 0 saturated carbocycles. The minimum Gasteiger partial charge on any atom is -0.468 e. The van der Waals surface area contributed by atoms with E-state index in [2.05, 4.69) is 64.9 Å². The minimum absolute atomic E-state index is 0. The Bertz CT molecular complexity index is 756. The summed E-state index contributed by atoms with van der Waals surface area (Å²) in [6.45, 7) is 3.82. The number of ether oxygens (including phenoxy) is 1. The van der Waals surface area contributed by atoms with Gasteiger partial charge in [0.25, 0.3) is 0 Å². The van der Waals surface area contributed by atoms with Gasteiger partial charge in [-0.05, 0) is 16.3 Å². The fourth-order valence-corrected chi connectivity index (χ4v) is 3.74. The van der Waals surface area contributed by atoms with Gasteiger partial charge < -0.3 is 10.5 Å². The first-order valence-corrected chi connectivity index (χ1v) is 9.63. The van der Waals surface area contributed by atoms with Gasteiger partial charge in [-0.3, -0.25) is 14.6 Å². The van der Waals surface area contributed by atoms with Crippen LogP contribution >= 0.6 is 25.0 Å². The zero-order valence-corrected chi connectivity index (χ0v) is 17.3. The van der Waals surface area contributed by atoms with Crippen molar-refractivity contribution in [3.05, 3.63) is 48.0 Å². The van der Waals surface area contributed by atoms with Gasteiger partial charge in [0.1, 0.15) is 6.04 Å². The molecule has 1 heterocycles. The highest BCUT2D eigenvalue weighted by Gasteiger charge is 2.33. The number of halogens is 1. The topological polar surface area (TPSA) is 58.8 Å². The molecule has 2 atom stereocenters. The predicted molar refractivity (Wildman–Crippen MR) is 116 cm³/mol. The Balaban J connectivity index is 0.00000261. The molecule has 5 nitrogen and oxygen atoms in total. The second-order valence-electron chi connectivity index (χ2n) is 6.85. The van der Waals surface area contributed by atoms with E-state index >= 15 is 0 Å². The van der Waals surface area contributed by atoms with E-state index in [0.29, 0.717) is 18.8 Å². The van der Waals surface area contributed by atoms with Crippen molar-refractivity contribution in [2.75, 3.05) is 39.0 Å². The molecule has 7 heteroatoms.